The molecule has 0 amide bonds. The number of pyridine rings is 2. The minimum absolute atomic E-state index is 0.0572. The van der Waals surface area contributed by atoms with Gasteiger partial charge in [0.2, 0.25) is 0 Å². The van der Waals surface area contributed by atoms with Crippen LogP contribution in [0.5, 0.6) is 5.75 Å². The molecule has 4 nitrogen and oxygen atoms in total. The van der Waals surface area contributed by atoms with Crippen molar-refractivity contribution in [2.75, 3.05) is 0 Å². The van der Waals surface area contributed by atoms with Crippen LogP contribution in [-0.2, 0) is 0 Å². The summed E-state index contributed by atoms with van der Waals surface area (Å²) in [5.41, 5.74) is 1.18. The summed E-state index contributed by atoms with van der Waals surface area (Å²) in [4.78, 5) is 8.33. The van der Waals surface area contributed by atoms with E-state index in [4.69, 9.17) is 4.74 Å². The molecule has 2 aromatic rings. The lowest BCUT2D eigenvalue weighted by Crippen LogP contribution is -2.08. The van der Waals surface area contributed by atoms with Gasteiger partial charge in [-0.05, 0) is 57.8 Å². The Hall–Kier alpha value is -0.980. The Morgan fingerprint density at radius 2 is 1.90 bits per heavy atom. The van der Waals surface area contributed by atoms with Crippen molar-refractivity contribution in [1.29, 1.82) is 0 Å². The number of hydrogen-bond acceptors (Lipinski definition) is 4. The molecule has 2 rings (SSSR count). The maximum atomic E-state index is 10.4. The van der Waals surface area contributed by atoms with E-state index in [1.807, 2.05) is 19.9 Å². The van der Waals surface area contributed by atoms with Gasteiger partial charge in [0.1, 0.15) is 11.9 Å². The monoisotopic (exact) mass is 400 g/mol. The fourth-order valence-corrected chi connectivity index (χ4v) is 2.91. The normalized spacial score (nSPS) is 12.5. The summed E-state index contributed by atoms with van der Waals surface area (Å²) in [6.45, 7) is 3.88. The molecular weight excluding hydrogens is 388 g/mol. The largest absolute Gasteiger partial charge is 0.489 e. The average Bonchev–Trinajstić information content (AvgIpc) is 2.37. The van der Waals surface area contributed by atoms with Crippen molar-refractivity contribution in [3.63, 3.8) is 0 Å². The van der Waals surface area contributed by atoms with Crippen molar-refractivity contribution >= 4 is 31.9 Å². The minimum atomic E-state index is -0.860. The van der Waals surface area contributed by atoms with Gasteiger partial charge in [0.15, 0.2) is 0 Å². The number of aliphatic hydroxyl groups is 1. The smallest absolute Gasteiger partial charge is 0.138 e. The van der Waals surface area contributed by atoms with Crippen molar-refractivity contribution in [1.82, 2.24) is 9.97 Å². The molecule has 6 heteroatoms. The molecule has 2 aromatic heterocycles. The molecule has 0 saturated carbocycles. The molecule has 1 unspecified atom stereocenters. The van der Waals surface area contributed by atoms with E-state index in [0.717, 1.165) is 8.95 Å². The Morgan fingerprint density at radius 1 is 1.15 bits per heavy atom. The standard InChI is InChI=1S/C14H14Br2N2O2/c1-8(2)20-11-3-9(5-17-7-11)14(19)13-12(16)4-10(15)6-18-13/h3-8,14,19H,1-2H3. The van der Waals surface area contributed by atoms with Gasteiger partial charge in [-0.15, -0.1) is 0 Å². The van der Waals surface area contributed by atoms with Gasteiger partial charge in [-0.25, -0.2) is 0 Å². The second-order valence-corrected chi connectivity index (χ2v) is 6.31. The van der Waals surface area contributed by atoms with Gasteiger partial charge in [-0.3, -0.25) is 9.97 Å². The summed E-state index contributed by atoms with van der Waals surface area (Å²) < 4.78 is 7.15. The molecule has 20 heavy (non-hydrogen) atoms. The molecule has 0 aliphatic rings. The lowest BCUT2D eigenvalue weighted by Gasteiger charge is -2.14. The lowest BCUT2D eigenvalue weighted by atomic mass is 10.1. The van der Waals surface area contributed by atoms with E-state index in [0.29, 0.717) is 17.0 Å². The molecule has 2 heterocycles. The van der Waals surface area contributed by atoms with Crippen LogP contribution in [0.3, 0.4) is 0 Å². The number of rotatable bonds is 4. The lowest BCUT2D eigenvalue weighted by molar-refractivity contribution is 0.210. The Kier molecular flexibility index (Phi) is 5.12. The van der Waals surface area contributed by atoms with Gasteiger partial charge < -0.3 is 9.84 Å². The fraction of sp³-hybridized carbons (Fsp3) is 0.286. The molecular formula is C14H14Br2N2O2. The Bertz CT molecular complexity index is 605. The fourth-order valence-electron chi connectivity index (χ4n) is 1.71. The number of aliphatic hydroxyl groups excluding tert-OH is 1. The van der Waals surface area contributed by atoms with E-state index in [1.54, 1.807) is 24.7 Å². The third-order valence-corrected chi connectivity index (χ3v) is 3.59. The number of nitrogens with zero attached hydrogens (tertiary/aromatic N) is 2. The van der Waals surface area contributed by atoms with Crippen LogP contribution in [-0.4, -0.2) is 21.2 Å². The molecule has 0 fully saturated rings. The first-order valence-corrected chi connectivity index (χ1v) is 7.66. The maximum Gasteiger partial charge on any atom is 0.138 e. The van der Waals surface area contributed by atoms with Crippen LogP contribution in [0.1, 0.15) is 31.2 Å². The van der Waals surface area contributed by atoms with Crippen molar-refractivity contribution in [2.24, 2.45) is 0 Å². The highest BCUT2D eigenvalue weighted by atomic mass is 79.9. The highest BCUT2D eigenvalue weighted by Gasteiger charge is 2.17. The number of aromatic nitrogens is 2. The van der Waals surface area contributed by atoms with Crippen LogP contribution in [0.4, 0.5) is 0 Å². The number of hydrogen-bond donors (Lipinski definition) is 1. The van der Waals surface area contributed by atoms with Gasteiger partial charge in [0, 0.05) is 26.9 Å². The van der Waals surface area contributed by atoms with Crippen LogP contribution in [0.25, 0.3) is 0 Å². The molecule has 0 saturated heterocycles. The van der Waals surface area contributed by atoms with E-state index in [1.165, 1.54) is 0 Å². The third kappa shape index (κ3) is 3.77. The highest BCUT2D eigenvalue weighted by Crippen LogP contribution is 2.29. The summed E-state index contributed by atoms with van der Waals surface area (Å²) in [6, 6.07) is 3.61. The van der Waals surface area contributed by atoms with Crippen LogP contribution >= 0.6 is 31.9 Å². The first kappa shape index (κ1) is 15.4. The summed E-state index contributed by atoms with van der Waals surface area (Å²) >= 11 is 6.73. The van der Waals surface area contributed by atoms with E-state index < -0.39 is 6.10 Å². The van der Waals surface area contributed by atoms with Crippen molar-refractivity contribution in [3.8, 4) is 5.75 Å². The molecule has 0 aromatic carbocycles. The van der Waals surface area contributed by atoms with Crippen LogP contribution < -0.4 is 4.74 Å². The maximum absolute atomic E-state index is 10.4. The van der Waals surface area contributed by atoms with Crippen molar-refractivity contribution < 1.29 is 9.84 Å². The highest BCUT2D eigenvalue weighted by molar-refractivity contribution is 9.11. The number of halogens is 2. The summed E-state index contributed by atoms with van der Waals surface area (Å²) in [5.74, 6) is 0.629. The van der Waals surface area contributed by atoms with Gasteiger partial charge in [-0.1, -0.05) is 0 Å². The molecule has 0 bridgehead atoms. The van der Waals surface area contributed by atoms with E-state index >= 15 is 0 Å². The molecule has 0 spiro atoms. The topological polar surface area (TPSA) is 55.2 Å². The molecule has 106 valence electrons. The van der Waals surface area contributed by atoms with Gasteiger partial charge in [-0.2, -0.15) is 0 Å². The predicted molar refractivity (Wildman–Crippen MR) is 83.7 cm³/mol. The van der Waals surface area contributed by atoms with Gasteiger partial charge in [0.05, 0.1) is 18.0 Å². The molecule has 1 N–H and O–H groups in total. The van der Waals surface area contributed by atoms with Crippen LogP contribution in [0, 0.1) is 0 Å². The third-order valence-electron chi connectivity index (χ3n) is 2.52. The summed E-state index contributed by atoms with van der Waals surface area (Å²) in [6.07, 6.45) is 4.07. The van der Waals surface area contributed by atoms with Crippen molar-refractivity contribution in [3.05, 3.63) is 50.9 Å². The van der Waals surface area contributed by atoms with Crippen LogP contribution in [0.2, 0.25) is 0 Å². The number of ether oxygens (including phenoxy) is 1. The zero-order valence-corrected chi connectivity index (χ0v) is 14.2. The molecule has 0 radical (unpaired) electrons. The summed E-state index contributed by atoms with van der Waals surface area (Å²) in [7, 11) is 0. The molecule has 0 aliphatic heterocycles. The summed E-state index contributed by atoms with van der Waals surface area (Å²) in [5, 5.41) is 10.4. The van der Waals surface area contributed by atoms with Gasteiger partial charge >= 0.3 is 0 Å². The second-order valence-electron chi connectivity index (χ2n) is 4.54. The molecule has 1 atom stereocenters. The van der Waals surface area contributed by atoms with Crippen LogP contribution in [0.15, 0.2) is 39.7 Å². The van der Waals surface area contributed by atoms with E-state index in [-0.39, 0.29) is 6.10 Å². The minimum Gasteiger partial charge on any atom is -0.489 e. The van der Waals surface area contributed by atoms with Crippen molar-refractivity contribution in [2.45, 2.75) is 26.1 Å². The Morgan fingerprint density at radius 3 is 2.55 bits per heavy atom. The molecule has 0 aliphatic carbocycles. The quantitative estimate of drug-likeness (QED) is 0.844. The second kappa shape index (κ2) is 6.65. The van der Waals surface area contributed by atoms with E-state index in [2.05, 4.69) is 41.8 Å². The zero-order valence-electron chi connectivity index (χ0n) is 11.0. The SMILES string of the molecule is CC(C)Oc1cncc(C(O)c2ncc(Br)cc2Br)c1. The predicted octanol–water partition coefficient (Wildman–Crippen LogP) is 3.87. The first-order valence-electron chi connectivity index (χ1n) is 6.08. The Balaban J connectivity index is 2.30. The first-order chi connectivity index (χ1) is 9.47. The Labute approximate surface area is 134 Å². The van der Waals surface area contributed by atoms with E-state index in [9.17, 15) is 5.11 Å². The van der Waals surface area contributed by atoms with Gasteiger partial charge in [0.25, 0.3) is 0 Å². The zero-order chi connectivity index (χ0) is 14.7. The average molecular weight is 402 g/mol.